The van der Waals surface area contributed by atoms with E-state index in [0.717, 1.165) is 0 Å². The molecular formula is C24H28N2O11. The zero-order chi connectivity index (χ0) is 26.7. The molecule has 2 heterocycles. The number of allylic oxidation sites excluding steroid dienone is 2. The number of hydrogen-bond donors (Lipinski definition) is 4. The van der Waals surface area contributed by atoms with Gasteiger partial charge in [0.25, 0.3) is 11.8 Å². The first kappa shape index (κ1) is 26.2. The Morgan fingerprint density at radius 1 is 0.649 bits per heavy atom. The topological polar surface area (TPSA) is 202 Å². The van der Waals surface area contributed by atoms with Gasteiger partial charge in [-0.25, -0.2) is 0 Å². The summed E-state index contributed by atoms with van der Waals surface area (Å²) in [6.07, 6.45) is 1.22. The van der Waals surface area contributed by atoms with E-state index in [-0.39, 0.29) is 87.3 Å². The number of aliphatic hydroxyl groups excluding tert-OH is 2. The van der Waals surface area contributed by atoms with Crippen molar-refractivity contribution in [1.82, 2.24) is 0 Å². The molecule has 2 aliphatic carbocycles. The zero-order valence-corrected chi connectivity index (χ0v) is 19.9. The molecule has 0 amide bonds. The average Bonchev–Trinajstić information content (AvgIpc) is 2.86. The molecule has 0 spiro atoms. The molecule has 2 fully saturated rings. The van der Waals surface area contributed by atoms with Crippen molar-refractivity contribution in [3.63, 3.8) is 0 Å². The highest BCUT2D eigenvalue weighted by Crippen LogP contribution is 2.38. The van der Waals surface area contributed by atoms with Crippen molar-refractivity contribution in [2.45, 2.75) is 51.4 Å². The molecule has 0 bridgehead atoms. The molecule has 4 N–H and O–H groups in total. The number of ketones is 2. The molecule has 0 aromatic rings. The predicted octanol–water partition coefficient (Wildman–Crippen LogP) is 2.07. The third-order valence-electron chi connectivity index (χ3n) is 7.44. The molecule has 2 aliphatic heterocycles. The van der Waals surface area contributed by atoms with Gasteiger partial charge in [-0.3, -0.25) is 19.2 Å². The van der Waals surface area contributed by atoms with Crippen LogP contribution in [0.3, 0.4) is 0 Å². The maximum Gasteiger partial charge on any atom is 0.306 e. The van der Waals surface area contributed by atoms with E-state index in [2.05, 4.69) is 10.3 Å². The van der Waals surface area contributed by atoms with Gasteiger partial charge in [-0.15, -0.1) is 0 Å². The summed E-state index contributed by atoms with van der Waals surface area (Å²) < 4.78 is 15.1. The van der Waals surface area contributed by atoms with Gasteiger partial charge in [0.15, 0.2) is 11.6 Å². The number of esters is 2. The van der Waals surface area contributed by atoms with Crippen LogP contribution >= 0.6 is 0 Å². The Balaban J connectivity index is 1.50. The minimum atomic E-state index is -0.804. The van der Waals surface area contributed by atoms with E-state index in [0.29, 0.717) is 12.8 Å². The standard InChI is InChI=1S/C24H28N2O11/c27-15-5-13(11-1-3-35-19(31)9-11)6-16(28)21(15)23(25-33)37-24(26-34)22-17(29)7-14(8-18(22)30)12-2-4-36-20(32)10-12/h11-14,27,29,33-34H,1-10H2. The van der Waals surface area contributed by atoms with Crippen LogP contribution in [-0.2, 0) is 33.4 Å². The Labute approximate surface area is 211 Å². The lowest BCUT2D eigenvalue weighted by Crippen LogP contribution is -2.35. The minimum Gasteiger partial charge on any atom is -0.511 e. The number of aliphatic hydroxyl groups is 2. The van der Waals surface area contributed by atoms with Crippen molar-refractivity contribution in [3.05, 3.63) is 22.7 Å². The lowest BCUT2D eigenvalue weighted by molar-refractivity contribution is -0.151. The number of rotatable bonds is 4. The second kappa shape index (κ2) is 11.0. The Morgan fingerprint density at radius 2 is 1.05 bits per heavy atom. The fourth-order valence-corrected chi connectivity index (χ4v) is 5.54. The summed E-state index contributed by atoms with van der Waals surface area (Å²) in [7, 11) is 0. The van der Waals surface area contributed by atoms with Gasteiger partial charge in [-0.1, -0.05) is 0 Å². The van der Waals surface area contributed by atoms with Gasteiger partial charge in [0.05, 0.1) is 13.2 Å². The van der Waals surface area contributed by atoms with Gasteiger partial charge < -0.3 is 34.8 Å². The summed E-state index contributed by atoms with van der Waals surface area (Å²) in [6.45, 7) is 0.458. The molecule has 4 rings (SSSR count). The fourth-order valence-electron chi connectivity index (χ4n) is 5.54. The summed E-state index contributed by atoms with van der Waals surface area (Å²) in [4.78, 5) is 49.0. The van der Waals surface area contributed by atoms with Gasteiger partial charge in [0.2, 0.25) is 0 Å². The van der Waals surface area contributed by atoms with E-state index in [4.69, 9.17) is 14.2 Å². The average molecular weight is 520 g/mol. The van der Waals surface area contributed by atoms with Crippen LogP contribution in [0.4, 0.5) is 0 Å². The number of hydrogen-bond acceptors (Lipinski definition) is 13. The minimum absolute atomic E-state index is 0.00534. The number of carbonyl (C=O) groups excluding carboxylic acids is 4. The smallest absolute Gasteiger partial charge is 0.306 e. The SMILES string of the molecule is O=C1CC(C2CC(=O)C(C(=NO)OC(=NO)C3=C(O)CC(C4CCOC(=O)C4)CC3=O)=C(O)C2)CCO1. The molecule has 0 aromatic carbocycles. The van der Waals surface area contributed by atoms with Crippen LogP contribution in [0, 0.1) is 23.7 Å². The van der Waals surface area contributed by atoms with Crippen molar-refractivity contribution < 1.29 is 54.0 Å². The Bertz CT molecular complexity index is 1030. The van der Waals surface area contributed by atoms with E-state index in [1.54, 1.807) is 0 Å². The first-order valence-corrected chi connectivity index (χ1v) is 12.1. The van der Waals surface area contributed by atoms with Crippen LogP contribution in [0.5, 0.6) is 0 Å². The fraction of sp³-hybridized carbons (Fsp3) is 0.583. The highest BCUT2D eigenvalue weighted by molar-refractivity contribution is 6.27. The summed E-state index contributed by atoms with van der Waals surface area (Å²) in [6, 6.07) is 0. The second-order valence-electron chi connectivity index (χ2n) is 9.69. The number of ether oxygens (including phenoxy) is 3. The monoisotopic (exact) mass is 520 g/mol. The van der Waals surface area contributed by atoms with Crippen molar-refractivity contribution in [2.75, 3.05) is 13.2 Å². The van der Waals surface area contributed by atoms with E-state index in [1.807, 2.05) is 0 Å². The van der Waals surface area contributed by atoms with Crippen LogP contribution in [0.15, 0.2) is 33.0 Å². The lowest BCUT2D eigenvalue weighted by Gasteiger charge is -2.32. The molecule has 4 unspecified atom stereocenters. The summed E-state index contributed by atoms with van der Waals surface area (Å²) in [5.41, 5.74) is -0.916. The van der Waals surface area contributed by atoms with Crippen molar-refractivity contribution in [2.24, 2.45) is 34.0 Å². The molecule has 37 heavy (non-hydrogen) atoms. The normalized spacial score (nSPS) is 30.3. The van der Waals surface area contributed by atoms with Crippen molar-refractivity contribution in [3.8, 4) is 0 Å². The zero-order valence-electron chi connectivity index (χ0n) is 19.9. The lowest BCUT2D eigenvalue weighted by atomic mass is 9.75. The number of oxime groups is 2. The van der Waals surface area contributed by atoms with Crippen molar-refractivity contribution in [1.29, 1.82) is 0 Å². The van der Waals surface area contributed by atoms with Gasteiger partial charge in [0, 0.05) is 38.5 Å². The molecule has 0 saturated carbocycles. The summed E-state index contributed by atoms with van der Waals surface area (Å²) >= 11 is 0. The van der Waals surface area contributed by atoms with Gasteiger partial charge in [0.1, 0.15) is 22.7 Å². The van der Waals surface area contributed by atoms with Gasteiger partial charge >= 0.3 is 11.9 Å². The quantitative estimate of drug-likeness (QED) is 0.139. The van der Waals surface area contributed by atoms with Crippen LogP contribution in [0.25, 0.3) is 0 Å². The molecular weight excluding hydrogens is 492 g/mol. The van der Waals surface area contributed by atoms with E-state index >= 15 is 0 Å². The predicted molar refractivity (Wildman–Crippen MR) is 122 cm³/mol. The molecule has 13 nitrogen and oxygen atoms in total. The van der Waals surface area contributed by atoms with E-state index in [1.165, 1.54) is 0 Å². The third-order valence-corrected chi connectivity index (χ3v) is 7.44. The molecule has 13 heteroatoms. The number of nitrogens with zero attached hydrogens (tertiary/aromatic N) is 2. The Morgan fingerprint density at radius 3 is 1.38 bits per heavy atom. The molecule has 4 atom stereocenters. The number of cyclic esters (lactones) is 2. The summed E-state index contributed by atoms with van der Waals surface area (Å²) in [5.74, 6) is -5.51. The molecule has 4 aliphatic rings. The molecule has 2 saturated heterocycles. The van der Waals surface area contributed by atoms with Gasteiger partial charge in [-0.05, 0) is 46.8 Å². The van der Waals surface area contributed by atoms with Crippen LogP contribution in [-0.4, -0.2) is 69.1 Å². The summed E-state index contributed by atoms with van der Waals surface area (Å²) in [5, 5.41) is 46.1. The van der Waals surface area contributed by atoms with Crippen LogP contribution < -0.4 is 0 Å². The third kappa shape index (κ3) is 5.59. The maximum atomic E-state index is 12.9. The number of carbonyl (C=O) groups is 4. The largest absolute Gasteiger partial charge is 0.511 e. The van der Waals surface area contributed by atoms with Crippen LogP contribution in [0.1, 0.15) is 51.4 Å². The highest BCUT2D eigenvalue weighted by atomic mass is 16.6. The first-order valence-electron chi connectivity index (χ1n) is 12.1. The number of Topliss-reactive ketones (excluding diaryl/α,β-unsaturated/α-hetero) is 2. The molecule has 0 aromatic heterocycles. The first-order chi connectivity index (χ1) is 17.7. The molecule has 0 radical (unpaired) electrons. The highest BCUT2D eigenvalue weighted by Gasteiger charge is 2.41. The van der Waals surface area contributed by atoms with Crippen molar-refractivity contribution >= 4 is 35.3 Å². The molecule has 200 valence electrons. The van der Waals surface area contributed by atoms with Gasteiger partial charge in [-0.2, -0.15) is 0 Å². The van der Waals surface area contributed by atoms with Crippen LogP contribution in [0.2, 0.25) is 0 Å². The second-order valence-corrected chi connectivity index (χ2v) is 9.69. The Kier molecular flexibility index (Phi) is 7.79. The van der Waals surface area contributed by atoms with E-state index in [9.17, 15) is 39.8 Å². The Hall–Kier alpha value is -3.90. The van der Waals surface area contributed by atoms with E-state index < -0.39 is 46.0 Å². The maximum absolute atomic E-state index is 12.9.